The van der Waals surface area contributed by atoms with Crippen molar-refractivity contribution in [1.82, 2.24) is 20.8 Å². The molecule has 2 amide bonds. The fraction of sp³-hybridized carbons (Fsp3) is 0.143. The minimum absolute atomic E-state index is 0.0225. The summed E-state index contributed by atoms with van der Waals surface area (Å²) < 4.78 is 0. The number of carbonyl (C=O) groups excluding carboxylic acids is 2. The van der Waals surface area contributed by atoms with Gasteiger partial charge in [0.25, 0.3) is 17.4 Å². The maximum atomic E-state index is 11.8. The van der Waals surface area contributed by atoms with Crippen LogP contribution in [0.5, 0.6) is 17.2 Å². The number of hydrogen-bond acceptors (Lipinski definition) is 7. The van der Waals surface area contributed by atoms with Gasteiger partial charge in [-0.25, -0.2) is 5.10 Å². The second kappa shape index (κ2) is 7.13. The summed E-state index contributed by atoms with van der Waals surface area (Å²) in [5.74, 6) is -3.11. The summed E-state index contributed by atoms with van der Waals surface area (Å²) >= 11 is 0. The maximum absolute atomic E-state index is 11.8. The Morgan fingerprint density at radius 2 is 1.58 bits per heavy atom. The molecule has 0 radical (unpaired) electrons. The van der Waals surface area contributed by atoms with Gasteiger partial charge in [0.15, 0.2) is 17.2 Å². The SMILES string of the molecule is O=C(NCCNC(=O)c1ccc(=O)[nH]n1)c1cc(O)c(O)c(O)c1. The Hall–Kier alpha value is -3.56. The van der Waals surface area contributed by atoms with Crippen LogP contribution in [0.1, 0.15) is 20.8 Å². The van der Waals surface area contributed by atoms with Crippen LogP contribution in [0, 0.1) is 0 Å². The van der Waals surface area contributed by atoms with Gasteiger partial charge in [0.05, 0.1) is 0 Å². The molecule has 2 aromatic rings. The lowest BCUT2D eigenvalue weighted by Crippen LogP contribution is -2.35. The predicted molar refractivity (Wildman–Crippen MR) is 81.0 cm³/mol. The van der Waals surface area contributed by atoms with Gasteiger partial charge < -0.3 is 26.0 Å². The molecule has 24 heavy (non-hydrogen) atoms. The monoisotopic (exact) mass is 334 g/mol. The van der Waals surface area contributed by atoms with Crippen molar-refractivity contribution in [2.45, 2.75) is 0 Å². The first-order valence-electron chi connectivity index (χ1n) is 6.75. The molecule has 0 aliphatic rings. The normalized spacial score (nSPS) is 10.2. The van der Waals surface area contributed by atoms with Crippen LogP contribution in [0.2, 0.25) is 0 Å². The van der Waals surface area contributed by atoms with Crippen LogP contribution in [0.25, 0.3) is 0 Å². The van der Waals surface area contributed by atoms with Gasteiger partial charge in [-0.05, 0) is 18.2 Å². The number of nitrogens with one attached hydrogen (secondary N) is 3. The Labute approximate surface area is 134 Å². The molecule has 0 spiro atoms. The van der Waals surface area contributed by atoms with Gasteiger partial charge in [0.2, 0.25) is 0 Å². The number of hydrogen-bond donors (Lipinski definition) is 6. The zero-order valence-corrected chi connectivity index (χ0v) is 12.2. The summed E-state index contributed by atoms with van der Waals surface area (Å²) in [6.07, 6.45) is 0. The zero-order valence-electron chi connectivity index (χ0n) is 12.2. The van der Waals surface area contributed by atoms with Crippen LogP contribution in [-0.2, 0) is 0 Å². The lowest BCUT2D eigenvalue weighted by molar-refractivity contribution is 0.0924. The van der Waals surface area contributed by atoms with Gasteiger partial charge in [0, 0.05) is 24.7 Å². The summed E-state index contributed by atoms with van der Waals surface area (Å²) in [5.41, 5.74) is -0.468. The topological polar surface area (TPSA) is 165 Å². The molecule has 2 rings (SSSR count). The molecule has 1 aromatic heterocycles. The molecule has 0 aliphatic carbocycles. The largest absolute Gasteiger partial charge is 0.504 e. The van der Waals surface area contributed by atoms with Crippen molar-refractivity contribution in [3.8, 4) is 17.2 Å². The Balaban J connectivity index is 1.84. The molecule has 0 saturated carbocycles. The van der Waals surface area contributed by atoms with Crippen LogP contribution < -0.4 is 16.2 Å². The van der Waals surface area contributed by atoms with E-state index in [2.05, 4.69) is 20.8 Å². The van der Waals surface area contributed by atoms with E-state index in [0.29, 0.717) is 0 Å². The highest BCUT2D eigenvalue weighted by atomic mass is 16.3. The number of aromatic hydroxyl groups is 3. The highest BCUT2D eigenvalue weighted by Crippen LogP contribution is 2.35. The first kappa shape index (κ1) is 16.8. The highest BCUT2D eigenvalue weighted by molar-refractivity contribution is 5.95. The molecule has 0 bridgehead atoms. The number of H-pyrrole nitrogens is 1. The van der Waals surface area contributed by atoms with E-state index >= 15 is 0 Å². The van der Waals surface area contributed by atoms with Gasteiger partial charge in [-0.2, -0.15) is 5.10 Å². The predicted octanol–water partition coefficient (Wildman–Crippen LogP) is -0.954. The van der Waals surface area contributed by atoms with Crippen molar-refractivity contribution < 1.29 is 24.9 Å². The summed E-state index contributed by atoms with van der Waals surface area (Å²) in [6, 6.07) is 4.41. The van der Waals surface area contributed by atoms with E-state index in [0.717, 1.165) is 18.2 Å². The van der Waals surface area contributed by atoms with E-state index in [-0.39, 0.29) is 24.3 Å². The van der Waals surface area contributed by atoms with Gasteiger partial charge >= 0.3 is 0 Å². The van der Waals surface area contributed by atoms with Gasteiger partial charge in [-0.1, -0.05) is 0 Å². The Morgan fingerprint density at radius 3 is 2.12 bits per heavy atom. The smallest absolute Gasteiger partial charge is 0.271 e. The molecule has 0 fully saturated rings. The number of phenols is 3. The molecule has 1 heterocycles. The first-order valence-corrected chi connectivity index (χ1v) is 6.75. The van der Waals surface area contributed by atoms with Gasteiger partial charge in [-0.3, -0.25) is 14.4 Å². The van der Waals surface area contributed by atoms with Crippen LogP contribution in [-0.4, -0.2) is 50.4 Å². The summed E-state index contributed by atoms with van der Waals surface area (Å²) in [4.78, 5) is 34.4. The average Bonchev–Trinajstić information content (AvgIpc) is 2.56. The van der Waals surface area contributed by atoms with Crippen molar-refractivity contribution >= 4 is 11.8 Å². The van der Waals surface area contributed by atoms with E-state index in [9.17, 15) is 29.7 Å². The Bertz CT molecular complexity index is 789. The molecule has 10 heteroatoms. The second-order valence-corrected chi connectivity index (χ2v) is 4.68. The van der Waals surface area contributed by atoms with E-state index in [1.165, 1.54) is 6.07 Å². The molecular formula is C14H14N4O6. The number of phenolic OH excluding ortho intramolecular Hbond substituents is 3. The van der Waals surface area contributed by atoms with E-state index in [4.69, 9.17) is 0 Å². The Morgan fingerprint density at radius 1 is 1.00 bits per heavy atom. The number of benzene rings is 1. The number of aromatic amines is 1. The Kier molecular flexibility index (Phi) is 5.00. The maximum Gasteiger partial charge on any atom is 0.271 e. The lowest BCUT2D eigenvalue weighted by atomic mass is 10.1. The van der Waals surface area contributed by atoms with Crippen LogP contribution in [0.15, 0.2) is 29.1 Å². The van der Waals surface area contributed by atoms with Crippen LogP contribution >= 0.6 is 0 Å². The zero-order chi connectivity index (χ0) is 17.7. The van der Waals surface area contributed by atoms with Crippen molar-refractivity contribution in [3.63, 3.8) is 0 Å². The van der Waals surface area contributed by atoms with Crippen molar-refractivity contribution in [3.05, 3.63) is 45.9 Å². The molecule has 126 valence electrons. The summed E-state index contributed by atoms with van der Waals surface area (Å²) in [6.45, 7) is 0.151. The third-order valence-electron chi connectivity index (χ3n) is 2.94. The number of rotatable bonds is 5. The average molecular weight is 334 g/mol. The second-order valence-electron chi connectivity index (χ2n) is 4.68. The quantitative estimate of drug-likeness (QED) is 0.303. The molecule has 6 N–H and O–H groups in total. The van der Waals surface area contributed by atoms with Gasteiger partial charge in [-0.15, -0.1) is 0 Å². The van der Waals surface area contributed by atoms with Crippen molar-refractivity contribution in [2.24, 2.45) is 0 Å². The van der Waals surface area contributed by atoms with Crippen molar-refractivity contribution in [2.75, 3.05) is 13.1 Å². The number of nitrogens with zero attached hydrogens (tertiary/aromatic N) is 1. The standard InChI is InChI=1S/C14H14N4O6/c19-9-5-7(6-10(20)12(9)22)13(23)15-3-4-16-14(24)8-1-2-11(21)18-17-8/h1-2,5-6,19-20,22H,3-4H2,(H,15,23)(H,16,24)(H,18,21). The molecule has 0 atom stereocenters. The third kappa shape index (κ3) is 4.00. The van der Waals surface area contributed by atoms with Gasteiger partial charge in [0.1, 0.15) is 5.69 Å². The highest BCUT2D eigenvalue weighted by Gasteiger charge is 2.13. The molecule has 10 nitrogen and oxygen atoms in total. The lowest BCUT2D eigenvalue weighted by Gasteiger charge is -2.08. The fourth-order valence-electron chi connectivity index (χ4n) is 1.75. The summed E-state index contributed by atoms with van der Waals surface area (Å²) in [7, 11) is 0. The van der Waals surface area contributed by atoms with Crippen LogP contribution in [0.3, 0.4) is 0 Å². The molecule has 0 saturated heterocycles. The first-order chi connectivity index (χ1) is 11.4. The molecule has 1 aromatic carbocycles. The minimum atomic E-state index is -0.716. The summed E-state index contributed by atoms with van der Waals surface area (Å²) in [5, 5.41) is 38.5. The minimum Gasteiger partial charge on any atom is -0.504 e. The van der Waals surface area contributed by atoms with E-state index in [1.807, 2.05) is 0 Å². The third-order valence-corrected chi connectivity index (χ3v) is 2.94. The number of carbonyl (C=O) groups is 2. The molecule has 0 aliphatic heterocycles. The van der Waals surface area contributed by atoms with Crippen LogP contribution in [0.4, 0.5) is 0 Å². The van der Waals surface area contributed by atoms with E-state index < -0.39 is 34.6 Å². The number of aromatic nitrogens is 2. The fourth-order valence-corrected chi connectivity index (χ4v) is 1.75. The number of amides is 2. The molecule has 0 unspecified atom stereocenters. The van der Waals surface area contributed by atoms with E-state index in [1.54, 1.807) is 0 Å². The van der Waals surface area contributed by atoms with Crippen molar-refractivity contribution in [1.29, 1.82) is 0 Å². The molecular weight excluding hydrogens is 320 g/mol.